The number of anilines is 1. The van der Waals surface area contributed by atoms with Crippen LogP contribution < -0.4 is 10.6 Å². The molecular weight excluding hydrogens is 318 g/mol. The van der Waals surface area contributed by atoms with Gasteiger partial charge in [0.2, 0.25) is 5.91 Å². The van der Waals surface area contributed by atoms with Gasteiger partial charge in [-0.15, -0.1) is 0 Å². The second-order valence-electron chi connectivity index (χ2n) is 7.16. The van der Waals surface area contributed by atoms with Gasteiger partial charge in [-0.25, -0.2) is 4.79 Å². The van der Waals surface area contributed by atoms with Crippen LogP contribution in [-0.2, 0) is 9.59 Å². The maximum Gasteiger partial charge on any atom is 0.325 e. The SMILES string of the molecule is Cc1ccc(NC(=O)CN2C(=O)NC3(CCCCCC3)C2=O)cc1C. The molecule has 1 spiro atoms. The molecule has 2 N–H and O–H groups in total. The Morgan fingerprint density at radius 2 is 1.80 bits per heavy atom. The summed E-state index contributed by atoms with van der Waals surface area (Å²) in [5.41, 5.74) is 2.09. The van der Waals surface area contributed by atoms with Gasteiger partial charge in [0.05, 0.1) is 0 Å². The van der Waals surface area contributed by atoms with Gasteiger partial charge in [0.25, 0.3) is 5.91 Å². The van der Waals surface area contributed by atoms with Crippen molar-refractivity contribution < 1.29 is 14.4 Å². The fraction of sp³-hybridized carbons (Fsp3) is 0.526. The molecule has 0 atom stereocenters. The third-order valence-corrected chi connectivity index (χ3v) is 5.30. The van der Waals surface area contributed by atoms with Gasteiger partial charge in [-0.1, -0.05) is 31.7 Å². The van der Waals surface area contributed by atoms with Gasteiger partial charge in [-0.3, -0.25) is 14.5 Å². The summed E-state index contributed by atoms with van der Waals surface area (Å²) in [4.78, 5) is 38.4. The van der Waals surface area contributed by atoms with Crippen LogP contribution in [0.3, 0.4) is 0 Å². The normalized spacial score (nSPS) is 19.7. The first kappa shape index (κ1) is 17.5. The van der Waals surface area contributed by atoms with Gasteiger partial charge in [-0.2, -0.15) is 0 Å². The predicted molar refractivity (Wildman–Crippen MR) is 95.2 cm³/mol. The summed E-state index contributed by atoms with van der Waals surface area (Å²) >= 11 is 0. The largest absolute Gasteiger partial charge is 0.325 e. The van der Waals surface area contributed by atoms with Gasteiger partial charge in [0, 0.05) is 5.69 Å². The van der Waals surface area contributed by atoms with Gasteiger partial charge < -0.3 is 10.6 Å². The lowest BCUT2D eigenvalue weighted by Gasteiger charge is -2.24. The van der Waals surface area contributed by atoms with Gasteiger partial charge in [0.1, 0.15) is 12.1 Å². The third kappa shape index (κ3) is 3.52. The number of amides is 4. The minimum Gasteiger partial charge on any atom is -0.325 e. The minimum absolute atomic E-state index is 0.251. The predicted octanol–water partition coefficient (Wildman–Crippen LogP) is 2.89. The second-order valence-corrected chi connectivity index (χ2v) is 7.16. The van der Waals surface area contributed by atoms with Crippen molar-refractivity contribution in [1.82, 2.24) is 10.2 Å². The number of rotatable bonds is 3. The molecule has 1 heterocycles. The molecule has 0 radical (unpaired) electrons. The molecule has 1 aliphatic heterocycles. The first-order valence-electron chi connectivity index (χ1n) is 8.92. The van der Waals surface area contributed by atoms with Crippen molar-refractivity contribution in [2.24, 2.45) is 0 Å². The van der Waals surface area contributed by atoms with Gasteiger partial charge >= 0.3 is 6.03 Å². The first-order valence-corrected chi connectivity index (χ1v) is 8.92. The average Bonchev–Trinajstić information content (AvgIpc) is 2.74. The summed E-state index contributed by atoms with van der Waals surface area (Å²) in [6.07, 6.45) is 5.33. The Morgan fingerprint density at radius 1 is 1.12 bits per heavy atom. The Labute approximate surface area is 148 Å². The van der Waals surface area contributed by atoms with Crippen molar-refractivity contribution >= 4 is 23.5 Å². The number of hydrogen-bond acceptors (Lipinski definition) is 3. The molecule has 25 heavy (non-hydrogen) atoms. The highest BCUT2D eigenvalue weighted by Gasteiger charge is 2.51. The standard InChI is InChI=1S/C19H25N3O3/c1-13-7-8-15(11-14(13)2)20-16(23)12-22-17(24)19(21-18(22)25)9-5-3-4-6-10-19/h7-8,11H,3-6,9-10,12H2,1-2H3,(H,20,23)(H,21,25). The zero-order valence-corrected chi connectivity index (χ0v) is 14.9. The van der Waals surface area contributed by atoms with Crippen molar-refractivity contribution in [3.8, 4) is 0 Å². The van der Waals surface area contributed by atoms with Crippen molar-refractivity contribution in [3.63, 3.8) is 0 Å². The fourth-order valence-electron chi connectivity index (χ4n) is 3.65. The highest BCUT2D eigenvalue weighted by Crippen LogP contribution is 2.32. The molecule has 2 aliphatic rings. The van der Waals surface area contributed by atoms with Crippen LogP contribution in [0.25, 0.3) is 0 Å². The summed E-state index contributed by atoms with van der Waals surface area (Å²) in [6, 6.07) is 5.17. The molecule has 1 aliphatic carbocycles. The Morgan fingerprint density at radius 3 is 2.44 bits per heavy atom. The number of carbonyl (C=O) groups is 3. The lowest BCUT2D eigenvalue weighted by Crippen LogP contribution is -2.47. The summed E-state index contributed by atoms with van der Waals surface area (Å²) in [5, 5.41) is 5.62. The molecule has 1 saturated carbocycles. The number of hydrogen-bond donors (Lipinski definition) is 2. The van der Waals surface area contributed by atoms with Gasteiger partial charge in [0.15, 0.2) is 0 Å². The van der Waals surface area contributed by atoms with Crippen LogP contribution in [0.4, 0.5) is 10.5 Å². The van der Waals surface area contributed by atoms with Crippen molar-refractivity contribution in [3.05, 3.63) is 29.3 Å². The average molecular weight is 343 g/mol. The molecule has 2 fully saturated rings. The summed E-state index contributed by atoms with van der Waals surface area (Å²) in [6.45, 7) is 3.72. The number of urea groups is 1. The van der Waals surface area contributed by atoms with E-state index in [-0.39, 0.29) is 18.4 Å². The Balaban J connectivity index is 1.67. The molecule has 0 aromatic heterocycles. The first-order chi connectivity index (χ1) is 11.9. The Bertz CT molecular complexity index is 706. The van der Waals surface area contributed by atoms with Crippen LogP contribution in [0.15, 0.2) is 18.2 Å². The van der Waals surface area contributed by atoms with E-state index in [1.165, 1.54) is 0 Å². The molecule has 6 heteroatoms. The highest BCUT2D eigenvalue weighted by molar-refractivity contribution is 6.10. The Hall–Kier alpha value is -2.37. The smallest absolute Gasteiger partial charge is 0.325 e. The van der Waals surface area contributed by atoms with E-state index in [0.29, 0.717) is 18.5 Å². The van der Waals surface area contributed by atoms with E-state index in [1.807, 2.05) is 32.0 Å². The van der Waals surface area contributed by atoms with Crippen molar-refractivity contribution in [2.45, 2.75) is 57.9 Å². The van der Waals surface area contributed by atoms with Gasteiger partial charge in [-0.05, 0) is 49.9 Å². The number of nitrogens with zero attached hydrogens (tertiary/aromatic N) is 1. The number of imide groups is 1. The maximum absolute atomic E-state index is 12.8. The second kappa shape index (κ2) is 6.86. The summed E-state index contributed by atoms with van der Waals surface area (Å²) < 4.78 is 0. The van der Waals surface area contributed by atoms with E-state index < -0.39 is 11.6 Å². The van der Waals surface area contributed by atoms with Crippen molar-refractivity contribution in [2.75, 3.05) is 11.9 Å². The van der Waals surface area contributed by atoms with E-state index in [1.54, 1.807) is 0 Å². The van der Waals surface area contributed by atoms with E-state index in [0.717, 1.165) is 41.7 Å². The molecular formula is C19H25N3O3. The number of carbonyl (C=O) groups excluding carboxylic acids is 3. The quantitative estimate of drug-likeness (QED) is 0.828. The minimum atomic E-state index is -0.797. The molecule has 3 rings (SSSR count). The summed E-state index contributed by atoms with van der Waals surface area (Å²) in [5.74, 6) is -0.618. The molecule has 0 bridgehead atoms. The van der Waals surface area contributed by atoms with E-state index in [2.05, 4.69) is 10.6 Å². The van der Waals surface area contributed by atoms with Crippen LogP contribution in [-0.4, -0.2) is 34.8 Å². The van der Waals surface area contributed by atoms with Crippen LogP contribution in [0, 0.1) is 13.8 Å². The van der Waals surface area contributed by atoms with Crippen LogP contribution in [0.1, 0.15) is 49.7 Å². The number of benzene rings is 1. The fourth-order valence-corrected chi connectivity index (χ4v) is 3.65. The topological polar surface area (TPSA) is 78.5 Å². The number of nitrogens with one attached hydrogen (secondary N) is 2. The monoisotopic (exact) mass is 343 g/mol. The zero-order chi connectivity index (χ0) is 18.0. The van der Waals surface area contributed by atoms with E-state index in [4.69, 9.17) is 0 Å². The molecule has 1 aromatic rings. The van der Waals surface area contributed by atoms with Crippen LogP contribution in [0.5, 0.6) is 0 Å². The van der Waals surface area contributed by atoms with E-state index in [9.17, 15) is 14.4 Å². The molecule has 6 nitrogen and oxygen atoms in total. The van der Waals surface area contributed by atoms with Crippen LogP contribution >= 0.6 is 0 Å². The summed E-state index contributed by atoms with van der Waals surface area (Å²) in [7, 11) is 0. The lowest BCUT2D eigenvalue weighted by molar-refractivity contribution is -0.134. The van der Waals surface area contributed by atoms with E-state index >= 15 is 0 Å². The molecule has 1 saturated heterocycles. The maximum atomic E-state index is 12.8. The Kier molecular flexibility index (Phi) is 4.79. The van der Waals surface area contributed by atoms with Crippen LogP contribution in [0.2, 0.25) is 0 Å². The molecule has 0 unspecified atom stereocenters. The van der Waals surface area contributed by atoms with Crippen molar-refractivity contribution in [1.29, 1.82) is 0 Å². The number of aryl methyl sites for hydroxylation is 2. The molecule has 4 amide bonds. The molecule has 1 aromatic carbocycles. The third-order valence-electron chi connectivity index (χ3n) is 5.30. The molecule has 134 valence electrons. The zero-order valence-electron chi connectivity index (χ0n) is 14.9. The highest BCUT2D eigenvalue weighted by atomic mass is 16.2. The lowest BCUT2D eigenvalue weighted by atomic mass is 9.90.